The molecule has 0 spiro atoms. The molecule has 0 aliphatic carbocycles. The molecule has 21 heavy (non-hydrogen) atoms. The Morgan fingerprint density at radius 3 is 2.14 bits per heavy atom. The molecule has 0 amide bonds. The highest BCUT2D eigenvalue weighted by Gasteiger charge is 2.34. The van der Waals surface area contributed by atoms with Gasteiger partial charge in [0.2, 0.25) is 0 Å². The minimum Gasteiger partial charge on any atom is -0.481 e. The summed E-state index contributed by atoms with van der Waals surface area (Å²) < 4.78 is 10.8. The van der Waals surface area contributed by atoms with E-state index in [1.807, 2.05) is 0 Å². The van der Waals surface area contributed by atoms with Gasteiger partial charge in [-0.15, -0.1) is 0 Å². The van der Waals surface area contributed by atoms with Crippen LogP contribution in [0.4, 0.5) is 0 Å². The van der Waals surface area contributed by atoms with Crippen molar-refractivity contribution in [2.24, 2.45) is 5.92 Å². The lowest BCUT2D eigenvalue weighted by molar-refractivity contribution is -0.164. The van der Waals surface area contributed by atoms with E-state index in [1.165, 1.54) is 0 Å². The predicted molar refractivity (Wildman–Crippen MR) is 76.9 cm³/mol. The molecule has 0 aromatic heterocycles. The number of Topliss-reactive ketones (excluding diaryl/α,β-unsaturated/α-hetero) is 1. The SMILES string of the molecule is CCC(C)(OC(C)COC(=O)C(C)C)C(=O)CCC(=O)O. The molecule has 0 bridgehead atoms. The van der Waals surface area contributed by atoms with Gasteiger partial charge < -0.3 is 14.6 Å². The van der Waals surface area contributed by atoms with E-state index in [0.717, 1.165) is 0 Å². The fraction of sp³-hybridized carbons (Fsp3) is 0.800. The molecule has 0 aliphatic rings. The highest BCUT2D eigenvalue weighted by Crippen LogP contribution is 2.21. The summed E-state index contributed by atoms with van der Waals surface area (Å²) in [6.07, 6.45) is -0.299. The maximum Gasteiger partial charge on any atom is 0.308 e. The van der Waals surface area contributed by atoms with Gasteiger partial charge in [0.25, 0.3) is 0 Å². The lowest BCUT2D eigenvalue weighted by Crippen LogP contribution is -2.42. The lowest BCUT2D eigenvalue weighted by atomic mass is 9.94. The van der Waals surface area contributed by atoms with Crippen molar-refractivity contribution in [3.05, 3.63) is 0 Å². The highest BCUT2D eigenvalue weighted by atomic mass is 16.6. The second-order valence-corrected chi connectivity index (χ2v) is 5.61. The molecule has 1 N–H and O–H groups in total. The quantitative estimate of drug-likeness (QED) is 0.622. The van der Waals surface area contributed by atoms with Gasteiger partial charge in [0.15, 0.2) is 5.78 Å². The van der Waals surface area contributed by atoms with E-state index in [1.54, 1.807) is 34.6 Å². The van der Waals surface area contributed by atoms with Gasteiger partial charge in [0.1, 0.15) is 12.2 Å². The Labute approximate surface area is 125 Å². The van der Waals surface area contributed by atoms with Gasteiger partial charge in [-0.05, 0) is 20.3 Å². The van der Waals surface area contributed by atoms with Crippen LogP contribution in [-0.4, -0.2) is 41.1 Å². The van der Waals surface area contributed by atoms with Crippen molar-refractivity contribution in [2.45, 2.75) is 65.6 Å². The third kappa shape index (κ3) is 7.22. The molecule has 0 aliphatic heterocycles. The van der Waals surface area contributed by atoms with E-state index in [4.69, 9.17) is 14.6 Å². The van der Waals surface area contributed by atoms with Crippen LogP contribution in [0.5, 0.6) is 0 Å². The molecule has 122 valence electrons. The van der Waals surface area contributed by atoms with E-state index in [0.29, 0.717) is 6.42 Å². The Kier molecular flexibility index (Phi) is 8.17. The van der Waals surface area contributed by atoms with Crippen molar-refractivity contribution in [1.82, 2.24) is 0 Å². The molecule has 6 heteroatoms. The summed E-state index contributed by atoms with van der Waals surface area (Å²) in [6, 6.07) is 0. The van der Waals surface area contributed by atoms with Gasteiger partial charge >= 0.3 is 11.9 Å². The monoisotopic (exact) mass is 302 g/mol. The Balaban J connectivity index is 4.47. The Hall–Kier alpha value is -1.43. The smallest absolute Gasteiger partial charge is 0.308 e. The summed E-state index contributed by atoms with van der Waals surface area (Å²) in [7, 11) is 0. The van der Waals surface area contributed by atoms with Crippen LogP contribution in [0, 0.1) is 5.92 Å². The third-order valence-corrected chi connectivity index (χ3v) is 3.22. The topological polar surface area (TPSA) is 89.9 Å². The number of esters is 1. The molecule has 2 unspecified atom stereocenters. The maximum atomic E-state index is 12.1. The van der Waals surface area contributed by atoms with Gasteiger partial charge in [0, 0.05) is 6.42 Å². The molecular weight excluding hydrogens is 276 g/mol. The van der Waals surface area contributed by atoms with Crippen molar-refractivity contribution in [3.8, 4) is 0 Å². The zero-order valence-corrected chi connectivity index (χ0v) is 13.5. The van der Waals surface area contributed by atoms with Crippen molar-refractivity contribution < 1.29 is 29.0 Å². The van der Waals surface area contributed by atoms with Crippen LogP contribution in [0.15, 0.2) is 0 Å². The van der Waals surface area contributed by atoms with E-state index < -0.39 is 17.7 Å². The first kappa shape index (κ1) is 19.6. The summed E-state index contributed by atoms with van der Waals surface area (Å²) in [5.41, 5.74) is -1.06. The average molecular weight is 302 g/mol. The van der Waals surface area contributed by atoms with Gasteiger partial charge in [-0.1, -0.05) is 20.8 Å². The number of carboxylic acids is 1. The third-order valence-electron chi connectivity index (χ3n) is 3.22. The zero-order chi connectivity index (χ0) is 16.6. The number of aliphatic carboxylic acids is 1. The van der Waals surface area contributed by atoms with Gasteiger partial charge in [0.05, 0.1) is 18.4 Å². The van der Waals surface area contributed by atoms with Gasteiger partial charge in [-0.25, -0.2) is 0 Å². The molecule has 0 heterocycles. The standard InChI is InChI=1S/C15H26O6/c1-6-15(5,12(16)7-8-13(17)18)21-11(4)9-20-14(19)10(2)3/h10-11H,6-9H2,1-5H3,(H,17,18). The number of hydrogen-bond donors (Lipinski definition) is 1. The van der Waals surface area contributed by atoms with Crippen LogP contribution in [0.3, 0.4) is 0 Å². The van der Waals surface area contributed by atoms with Crippen molar-refractivity contribution in [1.29, 1.82) is 0 Å². The zero-order valence-electron chi connectivity index (χ0n) is 13.5. The molecule has 0 fully saturated rings. The normalized spacial score (nSPS) is 15.3. The molecule has 2 atom stereocenters. The first-order valence-electron chi connectivity index (χ1n) is 7.22. The van der Waals surface area contributed by atoms with Crippen LogP contribution in [-0.2, 0) is 23.9 Å². The molecule has 6 nitrogen and oxygen atoms in total. The molecular formula is C15H26O6. The van der Waals surface area contributed by atoms with E-state index >= 15 is 0 Å². The minimum atomic E-state index is -1.06. The van der Waals surface area contributed by atoms with E-state index in [-0.39, 0.29) is 37.1 Å². The predicted octanol–water partition coefficient (Wildman–Crippen LogP) is 2.19. The number of rotatable bonds is 10. The van der Waals surface area contributed by atoms with Crippen LogP contribution < -0.4 is 0 Å². The fourth-order valence-electron chi connectivity index (χ4n) is 1.68. The molecule has 0 radical (unpaired) electrons. The van der Waals surface area contributed by atoms with Crippen LogP contribution in [0.2, 0.25) is 0 Å². The number of carbonyl (C=O) groups is 3. The first-order valence-corrected chi connectivity index (χ1v) is 7.22. The van der Waals surface area contributed by atoms with E-state index in [2.05, 4.69) is 0 Å². The molecule has 0 rings (SSSR count). The second kappa shape index (κ2) is 8.77. The van der Waals surface area contributed by atoms with Crippen molar-refractivity contribution in [2.75, 3.05) is 6.61 Å². The summed E-state index contributed by atoms with van der Waals surface area (Å²) in [6.45, 7) is 8.69. The summed E-state index contributed by atoms with van der Waals surface area (Å²) in [5, 5.41) is 8.63. The minimum absolute atomic E-state index is 0.0683. The highest BCUT2D eigenvalue weighted by molar-refractivity contribution is 5.89. The van der Waals surface area contributed by atoms with E-state index in [9.17, 15) is 14.4 Å². The fourth-order valence-corrected chi connectivity index (χ4v) is 1.68. The number of carbonyl (C=O) groups excluding carboxylic acids is 2. The Morgan fingerprint density at radius 1 is 1.14 bits per heavy atom. The number of ether oxygens (including phenoxy) is 2. The van der Waals surface area contributed by atoms with Crippen LogP contribution >= 0.6 is 0 Å². The summed E-state index contributed by atoms with van der Waals surface area (Å²) >= 11 is 0. The maximum absolute atomic E-state index is 12.1. The van der Waals surface area contributed by atoms with Gasteiger partial charge in [-0.2, -0.15) is 0 Å². The van der Waals surface area contributed by atoms with Crippen molar-refractivity contribution >= 4 is 17.7 Å². The largest absolute Gasteiger partial charge is 0.481 e. The molecule has 0 saturated carbocycles. The number of ketones is 1. The van der Waals surface area contributed by atoms with Crippen LogP contribution in [0.25, 0.3) is 0 Å². The molecule has 0 aromatic rings. The molecule has 0 saturated heterocycles. The summed E-state index contributed by atoms with van der Waals surface area (Å²) in [5.74, 6) is -1.80. The average Bonchev–Trinajstić information content (AvgIpc) is 2.41. The first-order chi connectivity index (χ1) is 9.62. The second-order valence-electron chi connectivity index (χ2n) is 5.61. The number of carboxylic acid groups (broad SMARTS) is 1. The van der Waals surface area contributed by atoms with Crippen molar-refractivity contribution in [3.63, 3.8) is 0 Å². The number of hydrogen-bond acceptors (Lipinski definition) is 5. The Bertz CT molecular complexity index is 376. The Morgan fingerprint density at radius 2 is 1.71 bits per heavy atom. The van der Waals surface area contributed by atoms with Gasteiger partial charge in [-0.3, -0.25) is 14.4 Å². The molecule has 0 aromatic carbocycles. The summed E-state index contributed by atoms with van der Waals surface area (Å²) in [4.78, 5) is 34.0. The van der Waals surface area contributed by atoms with Crippen LogP contribution in [0.1, 0.15) is 53.9 Å². The lowest BCUT2D eigenvalue weighted by Gasteiger charge is -2.30.